The SMILES string of the molecule is COc1ccc(CC2(C(C)C)CCC(=O)N2)cc1. The molecule has 1 heterocycles. The van der Waals surface area contributed by atoms with E-state index in [1.807, 2.05) is 12.1 Å². The summed E-state index contributed by atoms with van der Waals surface area (Å²) in [4.78, 5) is 11.5. The number of hydrogen-bond acceptors (Lipinski definition) is 2. The number of rotatable bonds is 4. The molecule has 1 aliphatic heterocycles. The van der Waals surface area contributed by atoms with Crippen LogP contribution in [0.15, 0.2) is 24.3 Å². The molecule has 1 atom stereocenters. The van der Waals surface area contributed by atoms with Crippen molar-refractivity contribution in [1.29, 1.82) is 0 Å². The molecule has 1 N–H and O–H groups in total. The van der Waals surface area contributed by atoms with E-state index in [0.717, 1.165) is 18.6 Å². The molecule has 1 amide bonds. The normalized spacial score (nSPS) is 23.2. The molecule has 0 spiro atoms. The zero-order valence-corrected chi connectivity index (χ0v) is 11.3. The standard InChI is InChI=1S/C15H21NO2/c1-11(2)15(9-8-14(17)16-15)10-12-4-6-13(18-3)7-5-12/h4-7,11H,8-10H2,1-3H3,(H,16,17). The Morgan fingerprint density at radius 2 is 2.00 bits per heavy atom. The molecule has 98 valence electrons. The van der Waals surface area contributed by atoms with Gasteiger partial charge in [0.2, 0.25) is 5.91 Å². The predicted molar refractivity (Wildman–Crippen MR) is 71.6 cm³/mol. The van der Waals surface area contributed by atoms with Gasteiger partial charge in [-0.2, -0.15) is 0 Å². The summed E-state index contributed by atoms with van der Waals surface area (Å²) in [5, 5.41) is 3.17. The van der Waals surface area contributed by atoms with Crippen LogP contribution in [0.5, 0.6) is 5.75 Å². The Bertz CT molecular complexity index is 425. The molecule has 3 heteroatoms. The molecule has 1 saturated heterocycles. The van der Waals surface area contributed by atoms with Gasteiger partial charge in [0.25, 0.3) is 0 Å². The van der Waals surface area contributed by atoms with Gasteiger partial charge in [-0.1, -0.05) is 26.0 Å². The molecule has 1 aliphatic rings. The Hall–Kier alpha value is -1.51. The third-order valence-corrected chi connectivity index (χ3v) is 3.97. The summed E-state index contributed by atoms with van der Waals surface area (Å²) in [5.41, 5.74) is 1.16. The van der Waals surface area contributed by atoms with E-state index in [1.54, 1.807) is 7.11 Å². The van der Waals surface area contributed by atoms with E-state index in [0.29, 0.717) is 12.3 Å². The number of nitrogens with one attached hydrogen (secondary N) is 1. The monoisotopic (exact) mass is 247 g/mol. The Labute approximate surface area is 109 Å². The van der Waals surface area contributed by atoms with Crippen LogP contribution in [0, 0.1) is 5.92 Å². The van der Waals surface area contributed by atoms with Crippen molar-refractivity contribution in [2.75, 3.05) is 7.11 Å². The van der Waals surface area contributed by atoms with Gasteiger partial charge in [0.05, 0.1) is 7.11 Å². The quantitative estimate of drug-likeness (QED) is 0.888. The van der Waals surface area contributed by atoms with Crippen LogP contribution < -0.4 is 10.1 Å². The van der Waals surface area contributed by atoms with Crippen molar-refractivity contribution in [1.82, 2.24) is 5.32 Å². The summed E-state index contributed by atoms with van der Waals surface area (Å²) in [6, 6.07) is 8.10. The lowest BCUT2D eigenvalue weighted by molar-refractivity contribution is -0.120. The minimum Gasteiger partial charge on any atom is -0.497 e. The van der Waals surface area contributed by atoms with Crippen LogP contribution in [0.3, 0.4) is 0 Å². The third kappa shape index (κ3) is 2.50. The van der Waals surface area contributed by atoms with Crippen molar-refractivity contribution in [3.8, 4) is 5.75 Å². The van der Waals surface area contributed by atoms with Gasteiger partial charge < -0.3 is 10.1 Å². The van der Waals surface area contributed by atoms with Gasteiger partial charge in [0.15, 0.2) is 0 Å². The second kappa shape index (κ2) is 5.01. The molecule has 0 radical (unpaired) electrons. The van der Waals surface area contributed by atoms with Crippen LogP contribution in [-0.2, 0) is 11.2 Å². The van der Waals surface area contributed by atoms with Crippen LogP contribution in [-0.4, -0.2) is 18.6 Å². The second-order valence-corrected chi connectivity index (χ2v) is 5.38. The van der Waals surface area contributed by atoms with Crippen molar-refractivity contribution in [3.63, 3.8) is 0 Å². The maximum atomic E-state index is 11.5. The number of carbonyl (C=O) groups is 1. The summed E-state index contributed by atoms with van der Waals surface area (Å²) < 4.78 is 5.16. The molecular formula is C15H21NO2. The highest BCUT2D eigenvalue weighted by Crippen LogP contribution is 2.32. The summed E-state index contributed by atoms with van der Waals surface area (Å²) >= 11 is 0. The van der Waals surface area contributed by atoms with Gasteiger partial charge in [0, 0.05) is 12.0 Å². The first-order chi connectivity index (χ1) is 8.55. The van der Waals surface area contributed by atoms with E-state index in [9.17, 15) is 4.79 Å². The predicted octanol–water partition coefficient (Wildman–Crippen LogP) is 2.54. The minimum absolute atomic E-state index is 0.0777. The van der Waals surface area contributed by atoms with Crippen LogP contribution in [0.4, 0.5) is 0 Å². The fourth-order valence-electron chi connectivity index (χ4n) is 2.62. The summed E-state index contributed by atoms with van der Waals surface area (Å²) in [7, 11) is 1.67. The lowest BCUT2D eigenvalue weighted by atomic mass is 9.80. The van der Waals surface area contributed by atoms with Crippen molar-refractivity contribution in [2.45, 2.75) is 38.6 Å². The van der Waals surface area contributed by atoms with E-state index >= 15 is 0 Å². The van der Waals surface area contributed by atoms with Gasteiger partial charge >= 0.3 is 0 Å². The Balaban J connectivity index is 2.16. The number of carbonyl (C=O) groups excluding carboxylic acids is 1. The van der Waals surface area contributed by atoms with E-state index in [-0.39, 0.29) is 11.4 Å². The van der Waals surface area contributed by atoms with Crippen LogP contribution in [0.1, 0.15) is 32.3 Å². The van der Waals surface area contributed by atoms with Crippen LogP contribution >= 0.6 is 0 Å². The lowest BCUT2D eigenvalue weighted by Crippen LogP contribution is -2.48. The molecule has 1 aromatic rings. The minimum atomic E-state index is -0.0777. The molecule has 0 saturated carbocycles. The van der Waals surface area contributed by atoms with Crippen LogP contribution in [0.25, 0.3) is 0 Å². The molecule has 0 aliphatic carbocycles. The summed E-state index contributed by atoms with van der Waals surface area (Å²) in [5.74, 6) is 1.48. The lowest BCUT2D eigenvalue weighted by Gasteiger charge is -2.33. The topological polar surface area (TPSA) is 38.3 Å². The van der Waals surface area contributed by atoms with Gasteiger partial charge in [0.1, 0.15) is 5.75 Å². The molecule has 0 aromatic heterocycles. The second-order valence-electron chi connectivity index (χ2n) is 5.38. The van der Waals surface area contributed by atoms with Gasteiger partial charge in [-0.25, -0.2) is 0 Å². The molecule has 1 aromatic carbocycles. The molecule has 1 fully saturated rings. The summed E-state index contributed by atoms with van der Waals surface area (Å²) in [6.45, 7) is 4.35. The zero-order chi connectivity index (χ0) is 13.2. The highest BCUT2D eigenvalue weighted by Gasteiger charge is 2.40. The van der Waals surface area contributed by atoms with Gasteiger partial charge in [-0.15, -0.1) is 0 Å². The Kier molecular flexibility index (Phi) is 3.60. The Morgan fingerprint density at radius 3 is 2.44 bits per heavy atom. The van der Waals surface area contributed by atoms with E-state index in [4.69, 9.17) is 4.74 Å². The molecule has 3 nitrogen and oxygen atoms in total. The van der Waals surface area contributed by atoms with Crippen molar-refractivity contribution in [2.24, 2.45) is 5.92 Å². The largest absolute Gasteiger partial charge is 0.497 e. The maximum Gasteiger partial charge on any atom is 0.220 e. The first-order valence-electron chi connectivity index (χ1n) is 6.50. The molecular weight excluding hydrogens is 226 g/mol. The van der Waals surface area contributed by atoms with E-state index < -0.39 is 0 Å². The zero-order valence-electron chi connectivity index (χ0n) is 11.3. The number of amides is 1. The molecule has 0 bridgehead atoms. The maximum absolute atomic E-state index is 11.5. The number of hydrogen-bond donors (Lipinski definition) is 1. The molecule has 1 unspecified atom stereocenters. The van der Waals surface area contributed by atoms with Crippen molar-refractivity contribution >= 4 is 5.91 Å². The van der Waals surface area contributed by atoms with Crippen molar-refractivity contribution < 1.29 is 9.53 Å². The van der Waals surface area contributed by atoms with Crippen LogP contribution in [0.2, 0.25) is 0 Å². The van der Waals surface area contributed by atoms with E-state index in [2.05, 4.69) is 31.3 Å². The number of benzene rings is 1. The fourth-order valence-corrected chi connectivity index (χ4v) is 2.62. The average Bonchev–Trinajstić information content (AvgIpc) is 2.73. The first-order valence-corrected chi connectivity index (χ1v) is 6.50. The average molecular weight is 247 g/mol. The summed E-state index contributed by atoms with van der Waals surface area (Å²) in [6.07, 6.45) is 2.46. The highest BCUT2D eigenvalue weighted by atomic mass is 16.5. The van der Waals surface area contributed by atoms with E-state index in [1.165, 1.54) is 5.56 Å². The van der Waals surface area contributed by atoms with Crippen molar-refractivity contribution in [3.05, 3.63) is 29.8 Å². The Morgan fingerprint density at radius 1 is 1.33 bits per heavy atom. The third-order valence-electron chi connectivity index (χ3n) is 3.97. The smallest absolute Gasteiger partial charge is 0.220 e. The van der Waals surface area contributed by atoms with Gasteiger partial charge in [-0.05, 0) is 36.5 Å². The first kappa shape index (κ1) is 12.9. The van der Waals surface area contributed by atoms with Gasteiger partial charge in [-0.3, -0.25) is 4.79 Å². The molecule has 2 rings (SSSR count). The number of ether oxygens (including phenoxy) is 1. The molecule has 18 heavy (non-hydrogen) atoms. The number of methoxy groups -OCH3 is 1. The highest BCUT2D eigenvalue weighted by molar-refractivity contribution is 5.79. The fraction of sp³-hybridized carbons (Fsp3) is 0.533.